The maximum atomic E-state index is 13.4. The van der Waals surface area contributed by atoms with Crippen molar-refractivity contribution in [2.75, 3.05) is 0 Å². The molecule has 2 rings (SSSR count). The van der Waals surface area contributed by atoms with Crippen molar-refractivity contribution in [2.45, 2.75) is 12.4 Å². The molecule has 0 aliphatic heterocycles. The van der Waals surface area contributed by atoms with Gasteiger partial charge in [0.15, 0.2) is 17.5 Å². The Bertz CT molecular complexity index is 659. The van der Waals surface area contributed by atoms with E-state index >= 15 is 0 Å². The van der Waals surface area contributed by atoms with Crippen LogP contribution in [-0.2, 0) is 12.4 Å². The van der Waals surface area contributed by atoms with Gasteiger partial charge in [0.25, 0.3) is 5.91 Å². The molecule has 0 unspecified atom stereocenters. The van der Waals surface area contributed by atoms with Crippen LogP contribution >= 0.6 is 11.6 Å². The maximum Gasteiger partial charge on any atom is 0.254 e. The van der Waals surface area contributed by atoms with Gasteiger partial charge in [-0.05, 0) is 23.3 Å². The lowest BCUT2D eigenvalue weighted by molar-refractivity contribution is 0.0945. The van der Waals surface area contributed by atoms with E-state index in [9.17, 15) is 18.0 Å². The monoisotopic (exact) mass is 313 g/mol. The summed E-state index contributed by atoms with van der Waals surface area (Å²) in [4.78, 5) is 11.8. The van der Waals surface area contributed by atoms with Crippen LogP contribution in [0.25, 0.3) is 0 Å². The number of alkyl halides is 1. The molecule has 0 spiro atoms. The first-order valence-electron chi connectivity index (χ1n) is 6.08. The van der Waals surface area contributed by atoms with E-state index in [1.807, 2.05) is 0 Å². The Labute approximate surface area is 124 Å². The van der Waals surface area contributed by atoms with Gasteiger partial charge in [-0.3, -0.25) is 4.79 Å². The number of hydrogen-bond acceptors (Lipinski definition) is 1. The first-order chi connectivity index (χ1) is 10.0. The lowest BCUT2D eigenvalue weighted by Gasteiger charge is -2.07. The molecule has 21 heavy (non-hydrogen) atoms. The fraction of sp³-hybridized carbons (Fsp3) is 0.133. The van der Waals surface area contributed by atoms with Crippen LogP contribution in [0.5, 0.6) is 0 Å². The van der Waals surface area contributed by atoms with Crippen molar-refractivity contribution >= 4 is 17.5 Å². The van der Waals surface area contributed by atoms with Gasteiger partial charge in [-0.25, -0.2) is 13.2 Å². The van der Waals surface area contributed by atoms with E-state index in [-0.39, 0.29) is 6.54 Å². The summed E-state index contributed by atoms with van der Waals surface area (Å²) >= 11 is 5.65. The fourth-order valence-electron chi connectivity index (χ4n) is 1.73. The second kappa shape index (κ2) is 6.63. The van der Waals surface area contributed by atoms with Crippen LogP contribution in [0.15, 0.2) is 36.4 Å². The molecule has 6 heteroatoms. The van der Waals surface area contributed by atoms with Crippen LogP contribution in [0.2, 0.25) is 0 Å². The molecular formula is C15H11ClF3NO. The van der Waals surface area contributed by atoms with Crippen molar-refractivity contribution in [3.05, 3.63) is 70.5 Å². The average Bonchev–Trinajstić information content (AvgIpc) is 2.51. The minimum atomic E-state index is -1.66. The lowest BCUT2D eigenvalue weighted by Crippen LogP contribution is -2.24. The van der Waals surface area contributed by atoms with Gasteiger partial charge >= 0.3 is 0 Å². The second-order valence-corrected chi connectivity index (χ2v) is 4.62. The van der Waals surface area contributed by atoms with Crippen molar-refractivity contribution in [3.8, 4) is 0 Å². The molecule has 0 radical (unpaired) electrons. The third kappa shape index (κ3) is 3.55. The van der Waals surface area contributed by atoms with Crippen LogP contribution in [0, 0.1) is 17.5 Å². The van der Waals surface area contributed by atoms with Crippen molar-refractivity contribution in [2.24, 2.45) is 0 Å². The molecule has 0 atom stereocenters. The summed E-state index contributed by atoms with van der Waals surface area (Å²) in [5.41, 5.74) is 1.17. The van der Waals surface area contributed by atoms with Crippen LogP contribution < -0.4 is 5.32 Å². The molecule has 2 aromatic carbocycles. The summed E-state index contributed by atoms with van der Waals surface area (Å²) in [6, 6.07) is 8.74. The highest BCUT2D eigenvalue weighted by Crippen LogP contribution is 2.15. The largest absolute Gasteiger partial charge is 0.348 e. The molecule has 0 fully saturated rings. The smallest absolute Gasteiger partial charge is 0.254 e. The predicted molar refractivity (Wildman–Crippen MR) is 73.5 cm³/mol. The van der Waals surface area contributed by atoms with Gasteiger partial charge in [0, 0.05) is 12.4 Å². The Morgan fingerprint density at radius 1 is 0.952 bits per heavy atom. The molecule has 110 valence electrons. The van der Waals surface area contributed by atoms with E-state index in [2.05, 4.69) is 5.32 Å². The van der Waals surface area contributed by atoms with Crippen molar-refractivity contribution in [1.29, 1.82) is 0 Å². The van der Waals surface area contributed by atoms with Gasteiger partial charge in [-0.2, -0.15) is 0 Å². The Morgan fingerprint density at radius 3 is 2.19 bits per heavy atom. The number of halogens is 4. The van der Waals surface area contributed by atoms with Gasteiger partial charge < -0.3 is 5.32 Å². The van der Waals surface area contributed by atoms with Gasteiger partial charge in [0.05, 0.1) is 5.56 Å². The van der Waals surface area contributed by atoms with E-state index in [4.69, 9.17) is 11.6 Å². The van der Waals surface area contributed by atoms with E-state index in [0.717, 1.165) is 17.2 Å². The Balaban J connectivity index is 2.06. The van der Waals surface area contributed by atoms with Crippen LogP contribution in [0.4, 0.5) is 13.2 Å². The quantitative estimate of drug-likeness (QED) is 0.675. The molecule has 1 N–H and O–H groups in total. The fourth-order valence-corrected chi connectivity index (χ4v) is 1.90. The minimum absolute atomic E-state index is 0.139. The normalized spacial score (nSPS) is 10.5. The number of hydrogen-bond donors (Lipinski definition) is 1. The first-order valence-corrected chi connectivity index (χ1v) is 6.62. The number of carbonyl (C=O) groups is 1. The average molecular weight is 314 g/mol. The van der Waals surface area contributed by atoms with Crippen molar-refractivity contribution in [1.82, 2.24) is 5.32 Å². The molecule has 2 nitrogen and oxygen atoms in total. The molecule has 0 saturated heterocycles. The van der Waals surface area contributed by atoms with Gasteiger partial charge in [-0.15, -0.1) is 11.6 Å². The molecular weight excluding hydrogens is 303 g/mol. The van der Waals surface area contributed by atoms with E-state index < -0.39 is 28.9 Å². The van der Waals surface area contributed by atoms with Crippen molar-refractivity contribution < 1.29 is 18.0 Å². The second-order valence-electron chi connectivity index (χ2n) is 4.36. The van der Waals surface area contributed by atoms with E-state index in [1.165, 1.54) is 0 Å². The van der Waals surface area contributed by atoms with Gasteiger partial charge in [-0.1, -0.05) is 24.3 Å². The third-order valence-corrected chi connectivity index (χ3v) is 3.22. The number of benzene rings is 2. The highest BCUT2D eigenvalue weighted by molar-refractivity contribution is 6.17. The van der Waals surface area contributed by atoms with Crippen molar-refractivity contribution in [3.63, 3.8) is 0 Å². The SMILES string of the molecule is O=C(NCc1ccc(CCl)cc1)c1ccc(F)c(F)c1F. The minimum Gasteiger partial charge on any atom is -0.348 e. The lowest BCUT2D eigenvalue weighted by atomic mass is 10.1. The van der Waals surface area contributed by atoms with Crippen LogP contribution in [0.1, 0.15) is 21.5 Å². The summed E-state index contributed by atoms with van der Waals surface area (Å²) in [5, 5.41) is 2.44. The maximum absolute atomic E-state index is 13.4. The molecule has 0 saturated carbocycles. The zero-order valence-electron chi connectivity index (χ0n) is 10.8. The molecule has 2 aromatic rings. The summed E-state index contributed by atoms with van der Waals surface area (Å²) in [7, 11) is 0. The molecule has 1 amide bonds. The predicted octanol–water partition coefficient (Wildman–Crippen LogP) is 3.77. The zero-order chi connectivity index (χ0) is 15.4. The Morgan fingerprint density at radius 2 is 1.57 bits per heavy atom. The summed E-state index contributed by atoms with van der Waals surface area (Å²) in [6.45, 7) is 0.139. The summed E-state index contributed by atoms with van der Waals surface area (Å²) in [5.74, 6) is -4.92. The highest BCUT2D eigenvalue weighted by Gasteiger charge is 2.18. The van der Waals surface area contributed by atoms with Gasteiger partial charge in [0.1, 0.15) is 0 Å². The number of rotatable bonds is 4. The standard InChI is InChI=1S/C15H11ClF3NO/c16-7-9-1-3-10(4-2-9)8-20-15(21)11-5-6-12(17)14(19)13(11)18/h1-6H,7-8H2,(H,20,21). The number of carbonyl (C=O) groups excluding carboxylic acids is 1. The topological polar surface area (TPSA) is 29.1 Å². The van der Waals surface area contributed by atoms with Crippen LogP contribution in [-0.4, -0.2) is 5.91 Å². The molecule has 0 aliphatic carbocycles. The highest BCUT2D eigenvalue weighted by atomic mass is 35.5. The van der Waals surface area contributed by atoms with E-state index in [0.29, 0.717) is 11.9 Å². The Hall–Kier alpha value is -2.01. The first kappa shape index (κ1) is 15.4. The van der Waals surface area contributed by atoms with E-state index in [1.54, 1.807) is 24.3 Å². The molecule has 0 aliphatic rings. The third-order valence-electron chi connectivity index (χ3n) is 2.91. The summed E-state index contributed by atoms with van der Waals surface area (Å²) in [6.07, 6.45) is 0. The van der Waals surface area contributed by atoms with Gasteiger partial charge in [0.2, 0.25) is 0 Å². The number of amides is 1. The number of nitrogens with one attached hydrogen (secondary N) is 1. The Kier molecular flexibility index (Phi) is 4.85. The molecule has 0 bridgehead atoms. The molecule has 0 aromatic heterocycles. The summed E-state index contributed by atoms with van der Waals surface area (Å²) < 4.78 is 39.3. The zero-order valence-corrected chi connectivity index (χ0v) is 11.6. The van der Waals surface area contributed by atoms with Crippen LogP contribution in [0.3, 0.4) is 0 Å². The molecule has 0 heterocycles.